The molecule has 0 radical (unpaired) electrons. The Labute approximate surface area is 119 Å². The minimum absolute atomic E-state index is 0.0640. The largest absolute Gasteiger partial charge is 0.326 e. The van der Waals surface area contributed by atoms with Crippen LogP contribution in [0.15, 0.2) is 41.3 Å². The predicted octanol–water partition coefficient (Wildman–Crippen LogP) is 2.36. The summed E-state index contributed by atoms with van der Waals surface area (Å²) in [5, 5.41) is 0. The Balaban J connectivity index is 2.48. The van der Waals surface area contributed by atoms with Crippen molar-refractivity contribution in [3.8, 4) is 0 Å². The van der Waals surface area contributed by atoms with Gasteiger partial charge in [0.05, 0.1) is 4.90 Å². The molecule has 0 aromatic heterocycles. The van der Waals surface area contributed by atoms with Gasteiger partial charge in [-0.15, -0.1) is 0 Å². The van der Waals surface area contributed by atoms with Crippen LogP contribution in [0, 0.1) is 17.5 Å². The van der Waals surface area contributed by atoms with E-state index in [0.717, 1.165) is 0 Å². The van der Waals surface area contributed by atoms with Crippen LogP contribution in [-0.2, 0) is 16.6 Å². The highest BCUT2D eigenvalue weighted by Crippen LogP contribution is 2.24. The molecule has 2 aromatic carbocycles. The summed E-state index contributed by atoms with van der Waals surface area (Å²) in [4.78, 5) is -0.198. The van der Waals surface area contributed by atoms with Crippen molar-refractivity contribution in [3.63, 3.8) is 0 Å². The zero-order valence-corrected chi connectivity index (χ0v) is 11.4. The summed E-state index contributed by atoms with van der Waals surface area (Å²) in [6.07, 6.45) is 0. The van der Waals surface area contributed by atoms with Gasteiger partial charge in [-0.3, -0.25) is 4.72 Å². The highest BCUT2D eigenvalue weighted by Gasteiger charge is 2.22. The smallest absolute Gasteiger partial charge is 0.262 e. The maximum Gasteiger partial charge on any atom is 0.262 e. The lowest BCUT2D eigenvalue weighted by Crippen LogP contribution is -2.18. The minimum Gasteiger partial charge on any atom is -0.326 e. The second-order valence-electron chi connectivity index (χ2n) is 4.16. The normalized spacial score (nSPS) is 11.4. The maximum atomic E-state index is 13.5. The van der Waals surface area contributed by atoms with E-state index in [1.807, 2.05) is 0 Å². The molecule has 0 saturated heterocycles. The van der Waals surface area contributed by atoms with Gasteiger partial charge in [0.1, 0.15) is 11.5 Å². The fraction of sp³-hybridized carbons (Fsp3) is 0.0769. The molecule has 0 saturated carbocycles. The molecule has 4 nitrogen and oxygen atoms in total. The van der Waals surface area contributed by atoms with Crippen molar-refractivity contribution in [2.45, 2.75) is 11.4 Å². The molecule has 2 rings (SSSR count). The molecule has 0 fully saturated rings. The molecule has 2 aromatic rings. The van der Waals surface area contributed by atoms with Gasteiger partial charge < -0.3 is 5.73 Å². The number of anilines is 1. The van der Waals surface area contributed by atoms with E-state index in [-0.39, 0.29) is 17.0 Å². The van der Waals surface area contributed by atoms with Crippen LogP contribution in [0.25, 0.3) is 0 Å². The molecule has 0 unspecified atom stereocenters. The first kappa shape index (κ1) is 15.3. The third kappa shape index (κ3) is 3.17. The SMILES string of the molecule is NCc1ccccc1S(=O)(=O)Nc1c(F)cc(F)cc1F. The van der Waals surface area contributed by atoms with Crippen LogP contribution < -0.4 is 10.5 Å². The topological polar surface area (TPSA) is 72.2 Å². The fourth-order valence-corrected chi connectivity index (χ4v) is 3.09. The first-order chi connectivity index (χ1) is 9.85. The van der Waals surface area contributed by atoms with Crippen molar-refractivity contribution in [3.05, 3.63) is 59.4 Å². The fourth-order valence-electron chi connectivity index (χ4n) is 1.76. The van der Waals surface area contributed by atoms with Crippen LogP contribution in [-0.4, -0.2) is 8.42 Å². The van der Waals surface area contributed by atoms with E-state index >= 15 is 0 Å². The Morgan fingerprint density at radius 1 is 1.05 bits per heavy atom. The van der Waals surface area contributed by atoms with Gasteiger partial charge in [-0.2, -0.15) is 0 Å². The zero-order valence-electron chi connectivity index (χ0n) is 10.6. The highest BCUT2D eigenvalue weighted by molar-refractivity contribution is 7.92. The second kappa shape index (κ2) is 5.74. The minimum atomic E-state index is -4.25. The van der Waals surface area contributed by atoms with Gasteiger partial charge in [0.2, 0.25) is 0 Å². The second-order valence-corrected chi connectivity index (χ2v) is 5.81. The number of nitrogens with two attached hydrogens (primary N) is 1. The lowest BCUT2D eigenvalue weighted by molar-refractivity contribution is 0.547. The number of benzene rings is 2. The molecule has 8 heteroatoms. The summed E-state index contributed by atoms with van der Waals surface area (Å²) >= 11 is 0. The Morgan fingerprint density at radius 2 is 1.62 bits per heavy atom. The van der Waals surface area contributed by atoms with E-state index in [4.69, 9.17) is 5.73 Å². The first-order valence-electron chi connectivity index (χ1n) is 5.80. The van der Waals surface area contributed by atoms with E-state index in [1.165, 1.54) is 18.2 Å². The Hall–Kier alpha value is -2.06. The average Bonchev–Trinajstić information content (AvgIpc) is 2.43. The van der Waals surface area contributed by atoms with Crippen molar-refractivity contribution >= 4 is 15.7 Å². The number of sulfonamides is 1. The maximum absolute atomic E-state index is 13.5. The van der Waals surface area contributed by atoms with Gasteiger partial charge >= 0.3 is 0 Å². The monoisotopic (exact) mass is 316 g/mol. The number of rotatable bonds is 4. The summed E-state index contributed by atoms with van der Waals surface area (Å²) in [5.74, 6) is -3.84. The van der Waals surface area contributed by atoms with Crippen LogP contribution in [0.2, 0.25) is 0 Å². The molecule has 21 heavy (non-hydrogen) atoms. The summed E-state index contributed by atoms with van der Waals surface area (Å²) in [7, 11) is -4.25. The van der Waals surface area contributed by atoms with Crippen molar-refractivity contribution in [2.24, 2.45) is 5.73 Å². The zero-order chi connectivity index (χ0) is 15.6. The molecule has 0 spiro atoms. The molecule has 0 aliphatic rings. The van der Waals surface area contributed by atoms with Gasteiger partial charge in [0.15, 0.2) is 11.6 Å². The standard InChI is InChI=1S/C13H11F3N2O2S/c14-9-5-10(15)13(11(16)6-9)18-21(19,20)12-4-2-1-3-8(12)7-17/h1-6,18H,7,17H2. The van der Waals surface area contributed by atoms with Crippen molar-refractivity contribution in [1.82, 2.24) is 0 Å². The van der Waals surface area contributed by atoms with Gasteiger partial charge in [-0.25, -0.2) is 21.6 Å². The van der Waals surface area contributed by atoms with Crippen LogP contribution in [0.1, 0.15) is 5.56 Å². The molecular weight excluding hydrogens is 305 g/mol. The van der Waals surface area contributed by atoms with Crippen molar-refractivity contribution in [1.29, 1.82) is 0 Å². The lowest BCUT2D eigenvalue weighted by atomic mass is 10.2. The molecule has 0 bridgehead atoms. The van der Waals surface area contributed by atoms with Crippen LogP contribution in [0.3, 0.4) is 0 Å². The first-order valence-corrected chi connectivity index (χ1v) is 7.29. The molecule has 0 amide bonds. The van der Waals surface area contributed by atoms with Crippen molar-refractivity contribution < 1.29 is 21.6 Å². The molecule has 0 aliphatic carbocycles. The van der Waals surface area contributed by atoms with E-state index in [0.29, 0.717) is 12.1 Å². The molecule has 3 N–H and O–H groups in total. The van der Waals surface area contributed by atoms with E-state index in [1.54, 1.807) is 10.8 Å². The summed E-state index contributed by atoms with van der Waals surface area (Å²) in [5.41, 5.74) is 4.77. The highest BCUT2D eigenvalue weighted by atomic mass is 32.2. The van der Waals surface area contributed by atoms with Gasteiger partial charge in [-0.1, -0.05) is 18.2 Å². The van der Waals surface area contributed by atoms with Crippen molar-refractivity contribution in [2.75, 3.05) is 4.72 Å². The van der Waals surface area contributed by atoms with Gasteiger partial charge in [0.25, 0.3) is 10.0 Å². The Morgan fingerprint density at radius 3 is 2.19 bits per heavy atom. The van der Waals surface area contributed by atoms with E-state index < -0.39 is 33.2 Å². The number of hydrogen-bond donors (Lipinski definition) is 2. The van der Waals surface area contributed by atoms with Gasteiger partial charge in [-0.05, 0) is 11.6 Å². The van der Waals surface area contributed by atoms with Crippen LogP contribution in [0.4, 0.5) is 18.9 Å². The van der Waals surface area contributed by atoms with Crippen LogP contribution in [0.5, 0.6) is 0 Å². The van der Waals surface area contributed by atoms with E-state index in [9.17, 15) is 21.6 Å². The summed E-state index contributed by atoms with van der Waals surface area (Å²) < 4.78 is 66.0. The average molecular weight is 316 g/mol. The molecule has 0 atom stereocenters. The molecule has 0 heterocycles. The predicted molar refractivity (Wildman–Crippen MR) is 71.5 cm³/mol. The molecular formula is C13H11F3N2O2S. The van der Waals surface area contributed by atoms with E-state index in [2.05, 4.69) is 0 Å². The molecule has 112 valence electrons. The number of hydrogen-bond acceptors (Lipinski definition) is 3. The summed E-state index contributed by atoms with van der Waals surface area (Å²) in [6.45, 7) is -0.0640. The Bertz CT molecular complexity index is 756. The van der Waals surface area contributed by atoms with Crippen LogP contribution >= 0.6 is 0 Å². The lowest BCUT2D eigenvalue weighted by Gasteiger charge is -2.12. The third-order valence-electron chi connectivity index (χ3n) is 2.73. The Kier molecular flexibility index (Phi) is 4.19. The third-order valence-corrected chi connectivity index (χ3v) is 4.18. The number of halogens is 3. The van der Waals surface area contributed by atoms with Gasteiger partial charge in [0, 0.05) is 18.7 Å². The quantitative estimate of drug-likeness (QED) is 0.909. The summed E-state index contributed by atoms with van der Waals surface area (Å²) in [6, 6.07) is 6.53. The number of nitrogens with one attached hydrogen (secondary N) is 1. The molecule has 0 aliphatic heterocycles.